The van der Waals surface area contributed by atoms with Gasteiger partial charge in [0, 0.05) is 45.3 Å². The summed E-state index contributed by atoms with van der Waals surface area (Å²) in [4.78, 5) is 15.3. The summed E-state index contributed by atoms with van der Waals surface area (Å²) in [5, 5.41) is 39.1. The summed E-state index contributed by atoms with van der Waals surface area (Å²) in [5.41, 5.74) is 3.52. The number of amides is 2. The summed E-state index contributed by atoms with van der Waals surface area (Å²) >= 11 is 9.71. The third kappa shape index (κ3) is 8.02. The standard InChI is InChI=1S/C36H36ClN7O4S2/c1-36(2,22-49-3)31-19-33(44(42-31)24-8-11-26(12-9-24)48-17-16-45)39-35(47)38-20-23-6-4-5-7-30(23)50-27-13-15-32-40-41-34(43(32)21-27)28-18-25(46)10-14-29(28)37/h4-15,18-19,21,45-46H,16-17,20,22H2,1-3H3,(H2,38,39,47). The first-order valence-corrected chi connectivity index (χ1v) is 18.3. The first kappa shape index (κ1) is 35.1. The van der Waals surface area contributed by atoms with Gasteiger partial charge in [-0.25, -0.2) is 9.48 Å². The molecular formula is C36H36ClN7O4S2. The Morgan fingerprint density at radius 1 is 1.02 bits per heavy atom. The molecule has 3 aromatic heterocycles. The van der Waals surface area contributed by atoms with Crippen molar-refractivity contribution >= 4 is 52.6 Å². The monoisotopic (exact) mass is 729 g/mol. The minimum atomic E-state index is -0.374. The number of aliphatic hydroxyl groups is 1. The molecule has 0 aliphatic rings. The van der Waals surface area contributed by atoms with Crippen LogP contribution in [0.1, 0.15) is 25.1 Å². The van der Waals surface area contributed by atoms with Gasteiger partial charge in [0.15, 0.2) is 11.5 Å². The zero-order valence-electron chi connectivity index (χ0n) is 27.6. The third-order valence-electron chi connectivity index (χ3n) is 7.80. The van der Waals surface area contributed by atoms with Crippen LogP contribution in [-0.4, -0.2) is 65.8 Å². The molecule has 0 radical (unpaired) electrons. The van der Waals surface area contributed by atoms with Gasteiger partial charge in [-0.15, -0.1) is 10.2 Å². The van der Waals surface area contributed by atoms with Gasteiger partial charge >= 0.3 is 6.03 Å². The van der Waals surface area contributed by atoms with Crippen LogP contribution in [0, 0.1) is 0 Å². The van der Waals surface area contributed by atoms with E-state index in [1.807, 2.05) is 65.2 Å². The van der Waals surface area contributed by atoms with Gasteiger partial charge in [-0.05, 0) is 72.5 Å². The summed E-state index contributed by atoms with van der Waals surface area (Å²) in [5.74, 6) is 2.61. The number of aromatic nitrogens is 5. The Bertz CT molecular complexity index is 2120. The Kier molecular flexibility index (Phi) is 10.9. The molecule has 0 spiro atoms. The van der Waals surface area contributed by atoms with Gasteiger partial charge < -0.3 is 20.3 Å². The van der Waals surface area contributed by atoms with E-state index in [2.05, 4.69) is 40.9 Å². The number of urea groups is 1. The number of phenols is 1. The maximum Gasteiger partial charge on any atom is 0.320 e. The number of carbonyl (C=O) groups excluding carboxylic acids is 1. The molecule has 4 N–H and O–H groups in total. The predicted octanol–water partition coefficient (Wildman–Crippen LogP) is 7.43. The number of aromatic hydroxyl groups is 1. The number of aliphatic hydroxyl groups excluding tert-OH is 1. The maximum absolute atomic E-state index is 13.4. The number of rotatable bonds is 13. The van der Waals surface area contributed by atoms with E-state index in [-0.39, 0.29) is 37.0 Å². The van der Waals surface area contributed by atoms with E-state index in [1.54, 1.807) is 52.5 Å². The molecule has 6 aromatic rings. The van der Waals surface area contributed by atoms with Crippen LogP contribution in [0.4, 0.5) is 10.6 Å². The van der Waals surface area contributed by atoms with E-state index in [4.69, 9.17) is 26.5 Å². The fraction of sp³-hybridized carbons (Fsp3) is 0.222. The van der Waals surface area contributed by atoms with Gasteiger partial charge in [0.25, 0.3) is 0 Å². The Morgan fingerprint density at radius 3 is 2.60 bits per heavy atom. The fourth-order valence-electron chi connectivity index (χ4n) is 5.29. The van der Waals surface area contributed by atoms with E-state index in [0.717, 1.165) is 32.5 Å². The normalized spacial score (nSPS) is 11.5. The minimum absolute atomic E-state index is 0.0712. The lowest BCUT2D eigenvalue weighted by molar-refractivity contribution is 0.201. The summed E-state index contributed by atoms with van der Waals surface area (Å²) in [6, 6.07) is 25.3. The number of hydrogen-bond donors (Lipinski definition) is 4. The highest BCUT2D eigenvalue weighted by atomic mass is 35.5. The molecule has 3 aromatic carbocycles. The SMILES string of the molecule is CSCC(C)(C)c1cc(NC(=O)NCc2ccccc2Sc2ccc3nnc(-c4cc(O)ccc4Cl)n3c2)n(-c2ccc(OCCO)cc2)n1. The number of fused-ring (bicyclic) bond motifs is 1. The minimum Gasteiger partial charge on any atom is -0.508 e. The average Bonchev–Trinajstić information content (AvgIpc) is 3.73. The van der Waals surface area contributed by atoms with Crippen LogP contribution in [0.25, 0.3) is 22.7 Å². The Labute approximate surface area is 303 Å². The Hall–Kier alpha value is -4.69. The summed E-state index contributed by atoms with van der Waals surface area (Å²) in [6.45, 7) is 4.67. The number of thioether (sulfide) groups is 1. The van der Waals surface area contributed by atoms with Crippen LogP contribution < -0.4 is 15.4 Å². The van der Waals surface area contributed by atoms with Crippen LogP contribution in [0.5, 0.6) is 11.5 Å². The second-order valence-electron chi connectivity index (χ2n) is 12.0. The second-order valence-corrected chi connectivity index (χ2v) is 14.4. The van der Waals surface area contributed by atoms with Gasteiger partial charge in [0.2, 0.25) is 0 Å². The quantitative estimate of drug-likeness (QED) is 0.0956. The number of hydrogen-bond acceptors (Lipinski definition) is 9. The smallest absolute Gasteiger partial charge is 0.320 e. The van der Waals surface area contributed by atoms with E-state index in [1.165, 1.54) is 6.07 Å². The van der Waals surface area contributed by atoms with Crippen molar-refractivity contribution < 1.29 is 19.7 Å². The van der Waals surface area contributed by atoms with Gasteiger partial charge in [-0.2, -0.15) is 16.9 Å². The van der Waals surface area contributed by atoms with E-state index in [9.17, 15) is 9.90 Å². The number of ether oxygens (including phenoxy) is 1. The summed E-state index contributed by atoms with van der Waals surface area (Å²) < 4.78 is 9.07. The van der Waals surface area contributed by atoms with Crippen molar-refractivity contribution in [3.05, 3.63) is 107 Å². The highest BCUT2D eigenvalue weighted by Gasteiger charge is 2.26. The molecule has 3 heterocycles. The van der Waals surface area contributed by atoms with Crippen LogP contribution in [0.3, 0.4) is 0 Å². The number of nitrogens with one attached hydrogen (secondary N) is 2. The number of halogens is 1. The van der Waals surface area contributed by atoms with Crippen molar-refractivity contribution in [1.29, 1.82) is 0 Å². The van der Waals surface area contributed by atoms with Crippen LogP contribution in [0.2, 0.25) is 5.02 Å². The average molecular weight is 730 g/mol. The van der Waals surface area contributed by atoms with Gasteiger partial charge in [0.05, 0.1) is 23.0 Å². The molecular weight excluding hydrogens is 694 g/mol. The third-order valence-corrected chi connectivity index (χ3v) is 10.2. The molecule has 6 rings (SSSR count). The molecule has 0 aliphatic heterocycles. The number of nitrogens with zero attached hydrogens (tertiary/aromatic N) is 5. The molecule has 0 fully saturated rings. The topological polar surface area (TPSA) is 139 Å². The van der Waals surface area contributed by atoms with E-state index >= 15 is 0 Å². The zero-order valence-corrected chi connectivity index (χ0v) is 30.0. The van der Waals surface area contributed by atoms with Crippen molar-refractivity contribution in [2.45, 2.75) is 35.6 Å². The maximum atomic E-state index is 13.4. The van der Waals surface area contributed by atoms with Gasteiger partial charge in [-0.1, -0.05) is 55.4 Å². The molecule has 0 aliphatic carbocycles. The molecule has 11 nitrogen and oxygen atoms in total. The lowest BCUT2D eigenvalue weighted by Gasteiger charge is -2.20. The van der Waals surface area contributed by atoms with Crippen LogP contribution in [0.15, 0.2) is 101 Å². The molecule has 258 valence electrons. The molecule has 0 atom stereocenters. The first-order chi connectivity index (χ1) is 24.1. The number of carbonyl (C=O) groups is 1. The molecule has 0 saturated heterocycles. The van der Waals surface area contributed by atoms with Gasteiger partial charge in [0.1, 0.15) is 23.9 Å². The number of anilines is 1. The van der Waals surface area contributed by atoms with Crippen LogP contribution >= 0.6 is 35.1 Å². The highest BCUT2D eigenvalue weighted by Crippen LogP contribution is 2.34. The molecule has 0 bridgehead atoms. The van der Waals surface area contributed by atoms with Crippen molar-refractivity contribution in [2.24, 2.45) is 0 Å². The van der Waals surface area contributed by atoms with Crippen LogP contribution in [-0.2, 0) is 12.0 Å². The summed E-state index contributed by atoms with van der Waals surface area (Å²) in [6.07, 6.45) is 3.99. The largest absolute Gasteiger partial charge is 0.508 e. The Morgan fingerprint density at radius 2 is 1.82 bits per heavy atom. The number of pyridine rings is 1. The second kappa shape index (κ2) is 15.5. The predicted molar refractivity (Wildman–Crippen MR) is 199 cm³/mol. The Balaban J connectivity index is 1.19. The van der Waals surface area contributed by atoms with Gasteiger partial charge in [-0.3, -0.25) is 9.72 Å². The first-order valence-electron chi connectivity index (χ1n) is 15.7. The summed E-state index contributed by atoms with van der Waals surface area (Å²) in [7, 11) is 0. The molecule has 2 amide bonds. The number of phenolic OH excluding ortho intramolecular Hbond substituents is 1. The van der Waals surface area contributed by atoms with E-state index in [0.29, 0.717) is 33.6 Å². The van der Waals surface area contributed by atoms with Crippen molar-refractivity contribution in [2.75, 3.05) is 30.5 Å². The van der Waals surface area contributed by atoms with E-state index < -0.39 is 0 Å². The van der Waals surface area contributed by atoms with Crippen molar-refractivity contribution in [3.8, 4) is 28.6 Å². The molecule has 50 heavy (non-hydrogen) atoms. The number of benzene rings is 3. The fourth-order valence-corrected chi connectivity index (χ4v) is 7.33. The van der Waals surface area contributed by atoms with Crippen molar-refractivity contribution in [3.63, 3.8) is 0 Å². The van der Waals surface area contributed by atoms with Crippen molar-refractivity contribution in [1.82, 2.24) is 29.7 Å². The molecule has 0 unspecified atom stereocenters. The zero-order chi connectivity index (χ0) is 35.3. The lowest BCUT2D eigenvalue weighted by Crippen LogP contribution is -2.29. The molecule has 14 heteroatoms. The lowest BCUT2D eigenvalue weighted by atomic mass is 9.92. The molecule has 0 saturated carbocycles. The highest BCUT2D eigenvalue weighted by molar-refractivity contribution is 7.99.